The van der Waals surface area contributed by atoms with Crippen LogP contribution in [0.25, 0.3) is 0 Å². The fourth-order valence-electron chi connectivity index (χ4n) is 2.66. The van der Waals surface area contributed by atoms with Crippen molar-refractivity contribution in [2.45, 2.75) is 38.8 Å². The fraction of sp³-hybridized carbons (Fsp3) is 0.588. The minimum absolute atomic E-state index is 0.0123. The number of piperidine rings is 1. The van der Waals surface area contributed by atoms with E-state index in [1.54, 1.807) is 12.1 Å². The number of aliphatic hydroxyl groups excluding tert-OH is 1. The maximum absolute atomic E-state index is 12.9. The predicted octanol–water partition coefficient (Wildman–Crippen LogP) is 2.10. The Morgan fingerprint density at radius 1 is 1.32 bits per heavy atom. The smallest absolute Gasteiger partial charge is 0.222 e. The molecule has 22 heavy (non-hydrogen) atoms. The van der Waals surface area contributed by atoms with Gasteiger partial charge in [-0.25, -0.2) is 4.39 Å². The van der Waals surface area contributed by atoms with Crippen LogP contribution in [-0.4, -0.2) is 41.6 Å². The van der Waals surface area contributed by atoms with Gasteiger partial charge in [0, 0.05) is 31.6 Å². The van der Waals surface area contributed by atoms with Crippen molar-refractivity contribution in [1.82, 2.24) is 10.2 Å². The van der Waals surface area contributed by atoms with E-state index in [2.05, 4.69) is 10.2 Å². The average Bonchev–Trinajstić information content (AvgIpc) is 2.49. The molecule has 0 spiro atoms. The first-order chi connectivity index (χ1) is 10.5. The second kappa shape index (κ2) is 7.70. The van der Waals surface area contributed by atoms with Crippen molar-refractivity contribution in [3.63, 3.8) is 0 Å². The first-order valence-corrected chi connectivity index (χ1v) is 7.92. The van der Waals surface area contributed by atoms with E-state index in [4.69, 9.17) is 0 Å². The Kier molecular flexibility index (Phi) is 5.91. The van der Waals surface area contributed by atoms with E-state index in [0.717, 1.165) is 31.5 Å². The highest BCUT2D eigenvalue weighted by atomic mass is 19.1. The summed E-state index contributed by atoms with van der Waals surface area (Å²) in [6.07, 6.45) is 1.19. The minimum atomic E-state index is -0.609. The Balaban J connectivity index is 1.77. The molecule has 1 aliphatic rings. The molecule has 1 amide bonds. The van der Waals surface area contributed by atoms with E-state index < -0.39 is 6.10 Å². The van der Waals surface area contributed by atoms with Gasteiger partial charge in [-0.1, -0.05) is 26.0 Å². The molecule has 122 valence electrons. The summed E-state index contributed by atoms with van der Waals surface area (Å²) in [5.74, 6) is -0.180. The number of nitrogens with zero attached hydrogens (tertiary/aromatic N) is 1. The zero-order chi connectivity index (χ0) is 16.1. The Morgan fingerprint density at radius 3 is 2.45 bits per heavy atom. The quantitative estimate of drug-likeness (QED) is 0.876. The summed E-state index contributed by atoms with van der Waals surface area (Å²) in [4.78, 5) is 13.9. The molecule has 5 heteroatoms. The molecule has 0 saturated carbocycles. The number of amides is 1. The van der Waals surface area contributed by atoms with Crippen LogP contribution < -0.4 is 5.32 Å². The third-order valence-corrected chi connectivity index (χ3v) is 4.14. The van der Waals surface area contributed by atoms with Gasteiger partial charge in [-0.2, -0.15) is 0 Å². The van der Waals surface area contributed by atoms with E-state index in [1.165, 1.54) is 12.1 Å². The molecule has 0 unspecified atom stereocenters. The Hall–Kier alpha value is -1.46. The van der Waals surface area contributed by atoms with Crippen molar-refractivity contribution in [2.24, 2.45) is 5.92 Å². The average molecular weight is 308 g/mol. The van der Waals surface area contributed by atoms with Crippen molar-refractivity contribution in [2.75, 3.05) is 19.6 Å². The maximum atomic E-state index is 12.9. The lowest BCUT2D eigenvalue weighted by Crippen LogP contribution is -2.46. The molecular weight excluding hydrogens is 283 g/mol. The third-order valence-electron chi connectivity index (χ3n) is 4.14. The molecule has 1 aromatic carbocycles. The number of halogens is 1. The summed E-state index contributed by atoms with van der Waals surface area (Å²) in [6.45, 7) is 6.02. The van der Waals surface area contributed by atoms with Gasteiger partial charge in [0.15, 0.2) is 0 Å². The van der Waals surface area contributed by atoms with Crippen LogP contribution in [-0.2, 0) is 4.79 Å². The summed E-state index contributed by atoms with van der Waals surface area (Å²) >= 11 is 0. The maximum Gasteiger partial charge on any atom is 0.222 e. The highest BCUT2D eigenvalue weighted by Gasteiger charge is 2.23. The molecule has 0 radical (unpaired) electrons. The number of rotatable bonds is 5. The van der Waals surface area contributed by atoms with Crippen LogP contribution in [0.4, 0.5) is 4.39 Å². The molecule has 2 N–H and O–H groups in total. The highest BCUT2D eigenvalue weighted by Crippen LogP contribution is 2.18. The normalized spacial score (nSPS) is 18.4. The van der Waals surface area contributed by atoms with Gasteiger partial charge in [0.25, 0.3) is 0 Å². The Morgan fingerprint density at radius 2 is 1.91 bits per heavy atom. The van der Waals surface area contributed by atoms with Crippen LogP contribution >= 0.6 is 0 Å². The Bertz CT molecular complexity index is 482. The SMILES string of the molecule is CC(C)C(=O)NC1CCN(C[C@H](O)c2ccc(F)cc2)CC1. The van der Waals surface area contributed by atoms with Gasteiger partial charge in [-0.05, 0) is 30.5 Å². The monoisotopic (exact) mass is 308 g/mol. The molecule has 1 heterocycles. The van der Waals surface area contributed by atoms with Gasteiger partial charge in [-0.15, -0.1) is 0 Å². The number of carbonyl (C=O) groups excluding carboxylic acids is 1. The fourth-order valence-corrected chi connectivity index (χ4v) is 2.66. The van der Waals surface area contributed by atoms with Gasteiger partial charge in [0.2, 0.25) is 5.91 Å². The lowest BCUT2D eigenvalue weighted by Gasteiger charge is -2.33. The molecule has 0 aromatic heterocycles. The molecule has 2 rings (SSSR count). The second-order valence-electron chi connectivity index (χ2n) is 6.31. The minimum Gasteiger partial charge on any atom is -0.387 e. The summed E-state index contributed by atoms with van der Waals surface area (Å²) < 4.78 is 12.9. The Labute approximate surface area is 131 Å². The molecule has 4 nitrogen and oxygen atoms in total. The van der Waals surface area contributed by atoms with Crippen LogP contribution in [0.5, 0.6) is 0 Å². The zero-order valence-electron chi connectivity index (χ0n) is 13.3. The lowest BCUT2D eigenvalue weighted by atomic mass is 10.0. The van der Waals surface area contributed by atoms with E-state index in [9.17, 15) is 14.3 Å². The largest absolute Gasteiger partial charge is 0.387 e. The van der Waals surface area contributed by atoms with E-state index in [0.29, 0.717) is 6.54 Å². The first-order valence-electron chi connectivity index (χ1n) is 7.92. The van der Waals surface area contributed by atoms with Crippen LogP contribution in [0.2, 0.25) is 0 Å². The van der Waals surface area contributed by atoms with Crippen LogP contribution in [0.3, 0.4) is 0 Å². The number of aliphatic hydroxyl groups is 1. The summed E-state index contributed by atoms with van der Waals surface area (Å²) in [6, 6.07) is 6.21. The number of hydrogen-bond acceptors (Lipinski definition) is 3. The number of carbonyl (C=O) groups is 1. The molecule has 0 aliphatic carbocycles. The molecule has 1 aromatic rings. The van der Waals surface area contributed by atoms with E-state index in [1.807, 2.05) is 13.8 Å². The predicted molar refractivity (Wildman–Crippen MR) is 83.8 cm³/mol. The van der Waals surface area contributed by atoms with Crippen molar-refractivity contribution in [1.29, 1.82) is 0 Å². The van der Waals surface area contributed by atoms with Gasteiger partial charge < -0.3 is 15.3 Å². The molecule has 0 bridgehead atoms. The van der Waals surface area contributed by atoms with E-state index in [-0.39, 0.29) is 23.7 Å². The summed E-state index contributed by atoms with van der Waals surface area (Å²) in [7, 11) is 0. The van der Waals surface area contributed by atoms with Crippen LogP contribution in [0, 0.1) is 11.7 Å². The van der Waals surface area contributed by atoms with Crippen molar-refractivity contribution in [3.05, 3.63) is 35.6 Å². The number of nitrogens with one attached hydrogen (secondary N) is 1. The van der Waals surface area contributed by atoms with Crippen molar-refractivity contribution >= 4 is 5.91 Å². The first kappa shape index (κ1) is 16.9. The van der Waals surface area contributed by atoms with Crippen molar-refractivity contribution in [3.8, 4) is 0 Å². The summed E-state index contributed by atoms with van der Waals surface area (Å²) in [5, 5.41) is 13.3. The standard InChI is InChI=1S/C17H25FN2O2/c1-12(2)17(22)19-15-7-9-20(10-8-15)11-16(21)13-3-5-14(18)6-4-13/h3-6,12,15-16,21H,7-11H2,1-2H3,(H,19,22)/t16-/m0/s1. The number of hydrogen-bond donors (Lipinski definition) is 2. The third kappa shape index (κ3) is 4.78. The molecule has 1 aliphatic heterocycles. The molecule has 1 saturated heterocycles. The van der Waals surface area contributed by atoms with E-state index >= 15 is 0 Å². The second-order valence-corrected chi connectivity index (χ2v) is 6.31. The number of β-amino-alcohol motifs (C(OH)–C–C–N with tert-alkyl or cyclic N) is 1. The van der Waals surface area contributed by atoms with Crippen LogP contribution in [0.1, 0.15) is 38.4 Å². The molecular formula is C17H25FN2O2. The molecule has 1 atom stereocenters. The number of benzene rings is 1. The molecule has 1 fully saturated rings. The number of likely N-dealkylation sites (tertiary alicyclic amines) is 1. The zero-order valence-corrected chi connectivity index (χ0v) is 13.3. The van der Waals surface area contributed by atoms with Gasteiger partial charge in [0.1, 0.15) is 5.82 Å². The van der Waals surface area contributed by atoms with Crippen LogP contribution in [0.15, 0.2) is 24.3 Å². The highest BCUT2D eigenvalue weighted by molar-refractivity contribution is 5.78. The topological polar surface area (TPSA) is 52.6 Å². The van der Waals surface area contributed by atoms with Gasteiger partial charge in [0.05, 0.1) is 6.10 Å². The van der Waals surface area contributed by atoms with Gasteiger partial charge >= 0.3 is 0 Å². The summed E-state index contributed by atoms with van der Waals surface area (Å²) in [5.41, 5.74) is 0.733. The van der Waals surface area contributed by atoms with Crippen molar-refractivity contribution < 1.29 is 14.3 Å². The van der Waals surface area contributed by atoms with Gasteiger partial charge in [-0.3, -0.25) is 4.79 Å². The lowest BCUT2D eigenvalue weighted by molar-refractivity contribution is -0.125.